The van der Waals surface area contributed by atoms with Gasteiger partial charge >= 0.3 is 5.97 Å². The molecule has 2 nitrogen and oxygen atoms in total. The summed E-state index contributed by atoms with van der Waals surface area (Å²) in [5, 5.41) is 0. The van der Waals surface area contributed by atoms with Crippen molar-refractivity contribution in [2.45, 2.75) is 39.5 Å². The highest BCUT2D eigenvalue weighted by atomic mass is 19.2. The molecule has 0 bridgehead atoms. The maximum absolute atomic E-state index is 13.3. The van der Waals surface area contributed by atoms with Gasteiger partial charge in [-0.15, -0.1) is 0 Å². The van der Waals surface area contributed by atoms with Crippen molar-refractivity contribution in [1.82, 2.24) is 0 Å². The molecule has 0 N–H and O–H groups in total. The van der Waals surface area contributed by atoms with Crippen LogP contribution >= 0.6 is 0 Å². The first-order chi connectivity index (χ1) is 8.60. The summed E-state index contributed by atoms with van der Waals surface area (Å²) in [5.74, 6) is -3.21. The predicted molar refractivity (Wildman–Crippen MR) is 65.3 cm³/mol. The van der Waals surface area contributed by atoms with Gasteiger partial charge < -0.3 is 4.74 Å². The highest BCUT2D eigenvalue weighted by Gasteiger charge is 2.20. The topological polar surface area (TPSA) is 26.3 Å². The van der Waals surface area contributed by atoms with Gasteiger partial charge in [-0.1, -0.05) is 32.8 Å². The lowest BCUT2D eigenvalue weighted by Crippen LogP contribution is -2.20. The summed E-state index contributed by atoms with van der Waals surface area (Å²) in [6.45, 7) is 3.91. The van der Waals surface area contributed by atoms with Crippen molar-refractivity contribution in [2.24, 2.45) is 5.92 Å². The Labute approximate surface area is 106 Å². The minimum atomic E-state index is -1.11. The fourth-order valence-corrected chi connectivity index (χ4v) is 1.69. The third-order valence-electron chi connectivity index (χ3n) is 2.86. The molecule has 18 heavy (non-hydrogen) atoms. The standard InChI is InChI=1S/C14H18F2O2/c1-3-5-7-10(4-2)14(17)18-12-9-6-8-11(15)13(12)16/h6,8-10H,3-5,7H2,1-2H3. The number of carbonyl (C=O) groups excluding carboxylic acids is 1. The molecule has 0 fully saturated rings. The molecule has 0 saturated carbocycles. The molecule has 1 atom stereocenters. The largest absolute Gasteiger partial charge is 0.423 e. The highest BCUT2D eigenvalue weighted by Crippen LogP contribution is 2.22. The second-order valence-corrected chi connectivity index (χ2v) is 4.22. The lowest BCUT2D eigenvalue weighted by Gasteiger charge is -2.13. The zero-order valence-corrected chi connectivity index (χ0v) is 10.7. The van der Waals surface area contributed by atoms with Crippen molar-refractivity contribution in [3.8, 4) is 5.75 Å². The van der Waals surface area contributed by atoms with E-state index in [2.05, 4.69) is 0 Å². The van der Waals surface area contributed by atoms with Gasteiger partial charge in [-0.25, -0.2) is 4.39 Å². The van der Waals surface area contributed by atoms with E-state index in [1.807, 2.05) is 13.8 Å². The van der Waals surface area contributed by atoms with Crippen LogP contribution in [0, 0.1) is 17.6 Å². The number of benzene rings is 1. The molecule has 0 aliphatic carbocycles. The zero-order valence-electron chi connectivity index (χ0n) is 10.7. The van der Waals surface area contributed by atoms with Crippen LogP contribution in [-0.4, -0.2) is 5.97 Å². The van der Waals surface area contributed by atoms with E-state index in [-0.39, 0.29) is 11.7 Å². The molecule has 0 amide bonds. The van der Waals surface area contributed by atoms with Crippen LogP contribution in [0.5, 0.6) is 5.75 Å². The lowest BCUT2D eigenvalue weighted by molar-refractivity contribution is -0.139. The summed E-state index contributed by atoms with van der Waals surface area (Å²) in [6, 6.07) is 3.55. The lowest BCUT2D eigenvalue weighted by atomic mass is 10.00. The molecule has 0 spiro atoms. The minimum Gasteiger partial charge on any atom is -0.423 e. The van der Waals surface area contributed by atoms with E-state index in [1.165, 1.54) is 12.1 Å². The number of hydrogen-bond donors (Lipinski definition) is 0. The molecule has 100 valence electrons. The van der Waals surface area contributed by atoms with Crippen molar-refractivity contribution in [1.29, 1.82) is 0 Å². The summed E-state index contributed by atoms with van der Waals surface area (Å²) in [5.41, 5.74) is 0. The second-order valence-electron chi connectivity index (χ2n) is 4.22. The van der Waals surface area contributed by atoms with Gasteiger partial charge in [0.1, 0.15) is 0 Å². The van der Waals surface area contributed by atoms with Crippen LogP contribution in [0.3, 0.4) is 0 Å². The number of ether oxygens (including phenoxy) is 1. The Hall–Kier alpha value is -1.45. The summed E-state index contributed by atoms with van der Waals surface area (Å²) >= 11 is 0. The first-order valence-corrected chi connectivity index (χ1v) is 6.25. The fourth-order valence-electron chi connectivity index (χ4n) is 1.69. The number of hydrogen-bond acceptors (Lipinski definition) is 2. The zero-order chi connectivity index (χ0) is 13.5. The Morgan fingerprint density at radius 3 is 2.67 bits per heavy atom. The number of esters is 1. The van der Waals surface area contributed by atoms with E-state index in [0.717, 1.165) is 18.9 Å². The van der Waals surface area contributed by atoms with Crippen LogP contribution in [0.2, 0.25) is 0 Å². The van der Waals surface area contributed by atoms with Gasteiger partial charge in [-0.3, -0.25) is 4.79 Å². The maximum atomic E-state index is 13.3. The van der Waals surface area contributed by atoms with Crippen LogP contribution in [0.25, 0.3) is 0 Å². The quantitative estimate of drug-likeness (QED) is 0.566. The molecule has 0 aliphatic rings. The van der Waals surface area contributed by atoms with Gasteiger partial charge in [0.25, 0.3) is 0 Å². The molecule has 0 saturated heterocycles. The van der Waals surface area contributed by atoms with Gasteiger partial charge in [0.15, 0.2) is 11.6 Å². The molecule has 1 rings (SSSR count). The Balaban J connectivity index is 2.70. The van der Waals surface area contributed by atoms with Crippen LogP contribution in [0.1, 0.15) is 39.5 Å². The molecule has 0 aliphatic heterocycles. The molecule has 0 aromatic heterocycles. The first-order valence-electron chi connectivity index (χ1n) is 6.25. The Morgan fingerprint density at radius 1 is 1.33 bits per heavy atom. The summed E-state index contributed by atoms with van der Waals surface area (Å²) in [6.07, 6.45) is 3.25. The van der Waals surface area contributed by atoms with Crippen molar-refractivity contribution < 1.29 is 18.3 Å². The third kappa shape index (κ3) is 3.79. The van der Waals surface area contributed by atoms with Crippen LogP contribution in [0.4, 0.5) is 8.78 Å². The van der Waals surface area contributed by atoms with Crippen LogP contribution in [-0.2, 0) is 4.79 Å². The first kappa shape index (κ1) is 14.6. The summed E-state index contributed by atoms with van der Waals surface area (Å²) in [4.78, 5) is 11.8. The smallest absolute Gasteiger partial charge is 0.314 e. The molecule has 1 unspecified atom stereocenters. The number of rotatable bonds is 6. The third-order valence-corrected chi connectivity index (χ3v) is 2.86. The van der Waals surface area contributed by atoms with E-state index in [4.69, 9.17) is 4.74 Å². The van der Waals surface area contributed by atoms with Crippen molar-refractivity contribution in [3.05, 3.63) is 29.8 Å². The van der Waals surface area contributed by atoms with E-state index in [1.54, 1.807) is 0 Å². The van der Waals surface area contributed by atoms with E-state index < -0.39 is 17.6 Å². The van der Waals surface area contributed by atoms with Crippen LogP contribution in [0.15, 0.2) is 18.2 Å². The van der Waals surface area contributed by atoms with Gasteiger partial charge in [0.05, 0.1) is 5.92 Å². The SMILES string of the molecule is CCCCC(CC)C(=O)Oc1cccc(F)c1F. The molecule has 1 aromatic carbocycles. The van der Waals surface area contributed by atoms with Gasteiger partial charge in [-0.2, -0.15) is 4.39 Å². The Kier molecular flexibility index (Phi) is 5.75. The summed E-state index contributed by atoms with van der Waals surface area (Å²) < 4.78 is 31.2. The predicted octanol–water partition coefficient (Wildman–Crippen LogP) is 4.09. The molecular formula is C14H18F2O2. The Bertz CT molecular complexity index is 405. The van der Waals surface area contributed by atoms with Crippen LogP contribution < -0.4 is 4.74 Å². The van der Waals surface area contributed by atoms with Gasteiger partial charge in [-0.05, 0) is 25.0 Å². The van der Waals surface area contributed by atoms with Crippen molar-refractivity contribution in [2.75, 3.05) is 0 Å². The average molecular weight is 256 g/mol. The molecular weight excluding hydrogens is 238 g/mol. The van der Waals surface area contributed by atoms with Crippen molar-refractivity contribution in [3.63, 3.8) is 0 Å². The minimum absolute atomic E-state index is 0.257. The molecule has 4 heteroatoms. The summed E-state index contributed by atoms with van der Waals surface area (Å²) in [7, 11) is 0. The second kappa shape index (κ2) is 7.09. The molecule has 0 radical (unpaired) electrons. The number of carbonyl (C=O) groups is 1. The normalized spacial score (nSPS) is 12.2. The monoisotopic (exact) mass is 256 g/mol. The van der Waals surface area contributed by atoms with Gasteiger partial charge in [0.2, 0.25) is 5.82 Å². The maximum Gasteiger partial charge on any atom is 0.314 e. The van der Waals surface area contributed by atoms with Gasteiger partial charge in [0, 0.05) is 0 Å². The fraction of sp³-hybridized carbons (Fsp3) is 0.500. The average Bonchev–Trinajstić information content (AvgIpc) is 2.36. The Morgan fingerprint density at radius 2 is 2.06 bits per heavy atom. The van der Waals surface area contributed by atoms with E-state index in [0.29, 0.717) is 12.8 Å². The van der Waals surface area contributed by atoms with E-state index >= 15 is 0 Å². The number of halogens is 2. The molecule has 0 heterocycles. The number of unbranched alkanes of at least 4 members (excludes halogenated alkanes) is 1. The van der Waals surface area contributed by atoms with E-state index in [9.17, 15) is 13.6 Å². The van der Waals surface area contributed by atoms with Crippen molar-refractivity contribution >= 4 is 5.97 Å². The molecule has 1 aromatic rings. The highest BCUT2D eigenvalue weighted by molar-refractivity contribution is 5.75.